The number of aromatic nitrogens is 2. The van der Waals surface area contributed by atoms with Gasteiger partial charge in [0, 0.05) is 13.6 Å². The number of aryl methyl sites for hydroxylation is 2. The van der Waals surface area contributed by atoms with Gasteiger partial charge in [0.2, 0.25) is 0 Å². The summed E-state index contributed by atoms with van der Waals surface area (Å²) in [4.78, 5) is 0. The molecule has 2 rings (SSSR count). The fraction of sp³-hybridized carbons (Fsp3) is 0.727. The van der Waals surface area contributed by atoms with Crippen LogP contribution in [0.4, 0.5) is 0 Å². The minimum absolute atomic E-state index is 0.306. The molecule has 0 spiro atoms. The maximum atomic E-state index is 5.99. The van der Waals surface area contributed by atoms with E-state index in [1.807, 2.05) is 25.6 Å². The first-order valence-corrected chi connectivity index (χ1v) is 5.56. The number of ether oxygens (including phenoxy) is 1. The van der Waals surface area contributed by atoms with Gasteiger partial charge in [0.05, 0.1) is 5.69 Å². The second-order valence-corrected chi connectivity index (χ2v) is 4.21. The lowest BCUT2D eigenvalue weighted by molar-refractivity contribution is 0.165. The maximum absolute atomic E-state index is 5.99. The highest BCUT2D eigenvalue weighted by molar-refractivity contribution is 5.32. The summed E-state index contributed by atoms with van der Waals surface area (Å²) in [6.45, 7) is 6.11. The molecular weight excluding hydrogens is 190 g/mol. The minimum atomic E-state index is 0.306. The highest BCUT2D eigenvalue weighted by Crippen LogP contribution is 2.24. The van der Waals surface area contributed by atoms with Gasteiger partial charge in [-0.2, -0.15) is 5.10 Å². The third kappa shape index (κ3) is 2.15. The molecule has 1 aliphatic heterocycles. The molecule has 1 atom stereocenters. The molecule has 0 aromatic carbocycles. The van der Waals surface area contributed by atoms with Gasteiger partial charge >= 0.3 is 0 Å². The Labute approximate surface area is 90.6 Å². The molecule has 1 aromatic rings. The van der Waals surface area contributed by atoms with Crippen molar-refractivity contribution in [1.29, 1.82) is 0 Å². The average molecular weight is 209 g/mol. The van der Waals surface area contributed by atoms with E-state index in [1.165, 1.54) is 6.42 Å². The van der Waals surface area contributed by atoms with Gasteiger partial charge in [0.1, 0.15) is 11.8 Å². The molecule has 0 bridgehead atoms. The van der Waals surface area contributed by atoms with Gasteiger partial charge in [-0.15, -0.1) is 0 Å². The minimum Gasteiger partial charge on any atom is -0.485 e. The Balaban J connectivity index is 2.09. The van der Waals surface area contributed by atoms with Crippen LogP contribution in [0.5, 0.6) is 5.75 Å². The molecule has 1 N–H and O–H groups in total. The molecule has 4 nitrogen and oxygen atoms in total. The second-order valence-electron chi connectivity index (χ2n) is 4.21. The van der Waals surface area contributed by atoms with Crippen LogP contribution >= 0.6 is 0 Å². The summed E-state index contributed by atoms with van der Waals surface area (Å²) >= 11 is 0. The summed E-state index contributed by atoms with van der Waals surface area (Å²) in [5.74, 6) is 0.964. The van der Waals surface area contributed by atoms with Gasteiger partial charge in [-0.05, 0) is 33.2 Å². The fourth-order valence-electron chi connectivity index (χ4n) is 2.01. The lowest BCUT2D eigenvalue weighted by Crippen LogP contribution is -2.37. The van der Waals surface area contributed by atoms with Crippen molar-refractivity contribution in [2.75, 3.05) is 13.1 Å². The molecule has 2 heterocycles. The standard InChI is InChI=1S/C11H19N3O/c1-8-11(9(2)14(3)13-8)15-10-5-4-6-12-7-10/h10,12H,4-7H2,1-3H3. The monoisotopic (exact) mass is 209 g/mol. The SMILES string of the molecule is Cc1nn(C)c(C)c1OC1CCCNC1. The maximum Gasteiger partial charge on any atom is 0.163 e. The molecule has 1 aromatic heterocycles. The predicted molar refractivity (Wildman–Crippen MR) is 59.2 cm³/mol. The highest BCUT2D eigenvalue weighted by Gasteiger charge is 2.18. The van der Waals surface area contributed by atoms with Crippen LogP contribution in [0.15, 0.2) is 0 Å². The third-order valence-corrected chi connectivity index (χ3v) is 2.98. The largest absolute Gasteiger partial charge is 0.485 e. The Morgan fingerprint density at radius 3 is 2.80 bits per heavy atom. The number of nitrogens with one attached hydrogen (secondary N) is 1. The Hall–Kier alpha value is -1.03. The van der Waals surface area contributed by atoms with E-state index in [9.17, 15) is 0 Å². The zero-order chi connectivity index (χ0) is 10.8. The summed E-state index contributed by atoms with van der Waals surface area (Å²) in [6, 6.07) is 0. The van der Waals surface area contributed by atoms with Crippen molar-refractivity contribution in [3.63, 3.8) is 0 Å². The van der Waals surface area contributed by atoms with E-state index in [2.05, 4.69) is 10.4 Å². The lowest BCUT2D eigenvalue weighted by Gasteiger charge is -2.24. The lowest BCUT2D eigenvalue weighted by atomic mass is 10.1. The molecule has 0 amide bonds. The van der Waals surface area contributed by atoms with E-state index in [0.29, 0.717) is 6.10 Å². The quantitative estimate of drug-likeness (QED) is 0.794. The van der Waals surface area contributed by atoms with Crippen LogP contribution in [-0.4, -0.2) is 29.0 Å². The van der Waals surface area contributed by atoms with E-state index < -0.39 is 0 Å². The third-order valence-electron chi connectivity index (χ3n) is 2.98. The molecule has 4 heteroatoms. The first-order valence-electron chi connectivity index (χ1n) is 5.56. The molecule has 0 aliphatic carbocycles. The summed E-state index contributed by atoms with van der Waals surface area (Å²) in [6.07, 6.45) is 2.64. The Morgan fingerprint density at radius 1 is 1.47 bits per heavy atom. The van der Waals surface area contributed by atoms with Gasteiger partial charge in [-0.3, -0.25) is 4.68 Å². The predicted octanol–water partition coefficient (Wildman–Crippen LogP) is 1.17. The van der Waals surface area contributed by atoms with Crippen LogP contribution < -0.4 is 10.1 Å². The van der Waals surface area contributed by atoms with Gasteiger partial charge < -0.3 is 10.1 Å². The van der Waals surface area contributed by atoms with Crippen LogP contribution in [0.25, 0.3) is 0 Å². The smallest absolute Gasteiger partial charge is 0.163 e. The molecule has 1 aliphatic rings. The molecular formula is C11H19N3O. The number of nitrogens with zero attached hydrogens (tertiary/aromatic N) is 2. The first kappa shape index (κ1) is 10.5. The van der Waals surface area contributed by atoms with Crippen LogP contribution in [-0.2, 0) is 7.05 Å². The number of rotatable bonds is 2. The van der Waals surface area contributed by atoms with Crippen LogP contribution in [0, 0.1) is 13.8 Å². The van der Waals surface area contributed by atoms with Gasteiger partial charge in [-0.25, -0.2) is 0 Å². The summed E-state index contributed by atoms with van der Waals surface area (Å²) in [5, 5.41) is 7.70. The Bertz CT molecular complexity index is 340. The van der Waals surface area contributed by atoms with Crippen LogP contribution in [0.3, 0.4) is 0 Å². The molecule has 15 heavy (non-hydrogen) atoms. The van der Waals surface area contributed by atoms with Crippen molar-refractivity contribution >= 4 is 0 Å². The van der Waals surface area contributed by atoms with Crippen molar-refractivity contribution in [2.24, 2.45) is 7.05 Å². The number of hydrogen-bond donors (Lipinski definition) is 1. The van der Waals surface area contributed by atoms with Crippen molar-refractivity contribution in [1.82, 2.24) is 15.1 Å². The fourth-order valence-corrected chi connectivity index (χ4v) is 2.01. The molecule has 0 saturated carbocycles. The van der Waals surface area contributed by atoms with Crippen LogP contribution in [0.2, 0.25) is 0 Å². The zero-order valence-electron chi connectivity index (χ0n) is 9.71. The first-order chi connectivity index (χ1) is 7.18. The molecule has 1 saturated heterocycles. The number of piperidine rings is 1. The van der Waals surface area contributed by atoms with Gasteiger partial charge in [-0.1, -0.05) is 0 Å². The van der Waals surface area contributed by atoms with Crippen molar-refractivity contribution < 1.29 is 4.74 Å². The molecule has 84 valence electrons. The van der Waals surface area contributed by atoms with E-state index in [1.54, 1.807) is 0 Å². The number of hydrogen-bond acceptors (Lipinski definition) is 3. The second kappa shape index (κ2) is 4.23. The van der Waals surface area contributed by atoms with Crippen molar-refractivity contribution in [3.8, 4) is 5.75 Å². The van der Waals surface area contributed by atoms with Gasteiger partial charge in [0.25, 0.3) is 0 Å². The zero-order valence-corrected chi connectivity index (χ0v) is 9.71. The highest BCUT2D eigenvalue weighted by atomic mass is 16.5. The Morgan fingerprint density at radius 2 is 2.27 bits per heavy atom. The van der Waals surface area contributed by atoms with Crippen molar-refractivity contribution in [3.05, 3.63) is 11.4 Å². The van der Waals surface area contributed by atoms with E-state index in [-0.39, 0.29) is 0 Å². The summed E-state index contributed by atoms with van der Waals surface area (Å²) in [7, 11) is 1.95. The molecule has 1 fully saturated rings. The summed E-state index contributed by atoms with van der Waals surface area (Å²) in [5.41, 5.74) is 2.10. The molecule has 1 unspecified atom stereocenters. The van der Waals surface area contributed by atoms with Crippen LogP contribution in [0.1, 0.15) is 24.2 Å². The van der Waals surface area contributed by atoms with E-state index in [4.69, 9.17) is 4.74 Å². The topological polar surface area (TPSA) is 39.1 Å². The molecule has 0 radical (unpaired) electrons. The van der Waals surface area contributed by atoms with Gasteiger partial charge in [0.15, 0.2) is 5.75 Å². The van der Waals surface area contributed by atoms with E-state index in [0.717, 1.165) is 36.6 Å². The van der Waals surface area contributed by atoms with E-state index >= 15 is 0 Å². The Kier molecular flexibility index (Phi) is 2.95. The van der Waals surface area contributed by atoms with Crippen molar-refractivity contribution in [2.45, 2.75) is 32.8 Å². The average Bonchev–Trinajstić information content (AvgIpc) is 2.47. The summed E-state index contributed by atoms with van der Waals surface area (Å²) < 4.78 is 7.87. The normalized spacial score (nSPS) is 21.7.